The Kier molecular flexibility index (Phi) is 31.1. The molecule has 0 spiro atoms. The number of benzene rings is 14. The van der Waals surface area contributed by atoms with Gasteiger partial charge in [-0.1, -0.05) is 279 Å². The molecule has 14 rings (SSSR count). The quantitative estimate of drug-likeness (QED) is 0.0401. The third kappa shape index (κ3) is 21.6. The molecule has 0 aliphatic carbocycles. The van der Waals surface area contributed by atoms with Crippen LogP contribution in [-0.4, -0.2) is 54.8 Å². The summed E-state index contributed by atoms with van der Waals surface area (Å²) in [5.74, 6) is 0. The second-order valence-electron chi connectivity index (χ2n) is 26.5. The van der Waals surface area contributed by atoms with Crippen molar-refractivity contribution in [3.05, 3.63) is 425 Å². The third-order valence-corrected chi connectivity index (χ3v) is 39.6. The molecule has 0 saturated carbocycles. The van der Waals surface area contributed by atoms with E-state index in [1.54, 1.807) is 10.9 Å². The topological polar surface area (TPSA) is 63.2 Å². The molecule has 0 aliphatic rings. The molecule has 14 aromatic carbocycles. The molecular formula is C91H88B2Fe2O3P6+6. The second kappa shape index (κ2) is 41.1. The van der Waals surface area contributed by atoms with Crippen molar-refractivity contribution in [2.24, 2.45) is 0 Å². The Hall–Kier alpha value is -7.90. The zero-order chi connectivity index (χ0) is 69.9. The third-order valence-electron chi connectivity index (χ3n) is 20.0. The Morgan fingerprint density at radius 2 is 0.269 bits per heavy atom. The molecule has 0 N–H and O–H groups in total. The molecule has 0 amide bonds. The van der Waals surface area contributed by atoms with Gasteiger partial charge in [-0.05, 0) is 188 Å². The van der Waals surface area contributed by atoms with Crippen molar-refractivity contribution in [1.82, 2.24) is 0 Å². The zero-order valence-electron chi connectivity index (χ0n) is 58.2. The Morgan fingerprint density at radius 1 is 0.183 bits per heavy atom. The molecule has 104 heavy (non-hydrogen) atoms. The first-order valence-electron chi connectivity index (χ1n) is 35.5. The fourth-order valence-electron chi connectivity index (χ4n) is 15.3. The standard InChI is InChI=1S/2C45H41BP3.CH2O3.2Fe/c2*1-8-22-39(23-9-1)46(36-47(40-24-10-2-11-25-40)41-26-12-3-13-27-41,37-48(42-28-14-4-15-29-42)43-30-16-5-17-31-43)38-49(44-32-18-6-19-33-44)45-34-20-7-21-35-45;2-1(3)4;;/h2*1-35H,36-38H2;(H2,2,3,4);;/q2*-1;;2*+2/p+4. The number of carboxylic acid groups (broad SMARTS) is 2. The average Bonchev–Trinajstić information content (AvgIpc) is 0.768. The monoisotopic (exact) mass is 1550 g/mol. The van der Waals surface area contributed by atoms with Gasteiger partial charge in [0.15, 0.2) is 0 Å². The second-order valence-corrected chi connectivity index (χ2v) is 41.6. The maximum absolute atomic E-state index is 8.33. The van der Waals surface area contributed by atoms with Crippen LogP contribution in [0.25, 0.3) is 0 Å². The maximum Gasteiger partial charge on any atom is 2.00 e. The van der Waals surface area contributed by atoms with Crippen LogP contribution in [0.2, 0.25) is 0 Å². The van der Waals surface area contributed by atoms with Crippen LogP contribution in [0.3, 0.4) is 0 Å². The van der Waals surface area contributed by atoms with Gasteiger partial charge in [0.05, 0.1) is 63.7 Å². The minimum Gasteiger partial charge on any atom is -0.652 e. The van der Waals surface area contributed by atoms with Crippen molar-refractivity contribution in [3.63, 3.8) is 0 Å². The smallest absolute Gasteiger partial charge is 0.652 e. The molecule has 0 bridgehead atoms. The fraction of sp³-hybridized carbons (Fsp3) is 0.0659. The van der Waals surface area contributed by atoms with E-state index in [9.17, 15) is 0 Å². The van der Waals surface area contributed by atoms with Crippen molar-refractivity contribution >= 4 is 141 Å². The first-order chi connectivity index (χ1) is 50.3. The van der Waals surface area contributed by atoms with Crippen LogP contribution in [0, 0.1) is 0 Å². The molecule has 14 aromatic rings. The average molecular weight is 1550 g/mol. The number of carbonyl (C=O) groups excluding carboxylic acids is 1. The van der Waals surface area contributed by atoms with Crippen LogP contribution >= 0.6 is 47.5 Å². The SMILES string of the molecule is O=C([O-])[O-].[Fe+2].[Fe+2].c1ccc([PH+](C[B-](C[PH+](c2ccccc2)c2ccccc2)(C[PH+](c2ccccc2)c2ccccc2)c2ccccc2)c2ccccc2)cc1.c1ccc([PH+](C[B-](C[PH+](c2ccccc2)c2ccccc2)(C[PH+](c2ccccc2)c2ccccc2)c2ccccc2)c2ccccc2)cc1. The molecule has 0 heterocycles. The minimum atomic E-state index is -2.33. The number of rotatable bonds is 26. The van der Waals surface area contributed by atoms with E-state index in [0.29, 0.717) is 0 Å². The molecule has 13 heteroatoms. The van der Waals surface area contributed by atoms with Crippen LogP contribution in [-0.2, 0) is 34.1 Å². The molecular weight excluding hydrogens is 1460 g/mol. The summed E-state index contributed by atoms with van der Waals surface area (Å²) >= 11 is 0. The number of carbonyl (C=O) groups is 1. The Labute approximate surface area is 645 Å². The summed E-state index contributed by atoms with van der Waals surface area (Å²) in [5, 5.41) is 34.7. The van der Waals surface area contributed by atoms with Crippen molar-refractivity contribution in [1.29, 1.82) is 0 Å². The van der Waals surface area contributed by atoms with Gasteiger partial charge >= 0.3 is 34.1 Å². The van der Waals surface area contributed by atoms with E-state index in [2.05, 4.69) is 425 Å². The van der Waals surface area contributed by atoms with Crippen molar-refractivity contribution < 1.29 is 49.1 Å². The summed E-state index contributed by atoms with van der Waals surface area (Å²) in [6.45, 7) is 0. The van der Waals surface area contributed by atoms with E-state index < -0.39 is 66.0 Å². The predicted molar refractivity (Wildman–Crippen MR) is 461 cm³/mol. The molecule has 516 valence electrons. The first-order valence-corrected chi connectivity index (χ1v) is 45.8. The van der Waals surface area contributed by atoms with Gasteiger partial charge in [0.2, 0.25) is 0 Å². The van der Waals surface area contributed by atoms with E-state index >= 15 is 0 Å². The van der Waals surface area contributed by atoms with Crippen LogP contribution < -0.4 is 84.8 Å². The molecule has 0 fully saturated rings. The number of hydrogen-bond acceptors (Lipinski definition) is 3. The molecule has 0 atom stereocenters. The van der Waals surface area contributed by atoms with E-state index in [-0.39, 0.29) is 34.1 Å². The van der Waals surface area contributed by atoms with Gasteiger partial charge in [-0.15, -0.1) is 0 Å². The summed E-state index contributed by atoms with van der Waals surface area (Å²) in [4.78, 5) is 8.33. The molecule has 3 nitrogen and oxygen atoms in total. The summed E-state index contributed by atoms with van der Waals surface area (Å²) < 4.78 is 0. The summed E-state index contributed by atoms with van der Waals surface area (Å²) in [5.41, 5.74) is 3.08. The van der Waals surface area contributed by atoms with Gasteiger partial charge in [-0.3, -0.25) is 0 Å². The van der Waals surface area contributed by atoms with Gasteiger partial charge in [-0.25, -0.2) is 0 Å². The predicted octanol–water partition coefficient (Wildman–Crippen LogP) is 12.7. The fourth-order valence-corrected chi connectivity index (χ4v) is 36.8. The Balaban J connectivity index is 0.000000209. The van der Waals surface area contributed by atoms with E-state index in [4.69, 9.17) is 15.0 Å². The first kappa shape index (κ1) is 78.7. The van der Waals surface area contributed by atoms with Crippen LogP contribution in [0.4, 0.5) is 4.79 Å². The van der Waals surface area contributed by atoms with Crippen molar-refractivity contribution in [2.75, 3.05) is 36.4 Å². The number of hydrogen-bond donors (Lipinski definition) is 0. The van der Waals surface area contributed by atoms with Crippen LogP contribution in [0.15, 0.2) is 425 Å². The molecule has 0 aliphatic heterocycles. The minimum absolute atomic E-state index is 0. The Morgan fingerprint density at radius 3 is 0.365 bits per heavy atom. The van der Waals surface area contributed by atoms with Gasteiger partial charge in [-0.2, -0.15) is 10.9 Å². The van der Waals surface area contributed by atoms with Crippen molar-refractivity contribution in [2.45, 2.75) is 0 Å². The summed E-state index contributed by atoms with van der Waals surface area (Å²) in [6, 6.07) is 168. The maximum atomic E-state index is 8.33. The van der Waals surface area contributed by atoms with E-state index in [1.807, 2.05) is 0 Å². The van der Waals surface area contributed by atoms with E-state index in [0.717, 1.165) is 0 Å². The zero-order valence-corrected chi connectivity index (χ0v) is 66.5. The molecule has 0 radical (unpaired) electrons. The molecule has 0 aromatic heterocycles. The van der Waals surface area contributed by atoms with Crippen LogP contribution in [0.1, 0.15) is 0 Å². The molecule has 0 unspecified atom stereocenters. The molecule has 0 saturated heterocycles. The van der Waals surface area contributed by atoms with Gasteiger partial charge in [0.1, 0.15) is 12.3 Å². The summed E-state index contributed by atoms with van der Waals surface area (Å²) in [7, 11) is -6.95. The van der Waals surface area contributed by atoms with Gasteiger partial charge in [0, 0.05) is 47.5 Å². The van der Waals surface area contributed by atoms with E-state index in [1.165, 1.54) is 100 Å². The van der Waals surface area contributed by atoms with Crippen LogP contribution in [0.5, 0.6) is 0 Å². The normalized spacial score (nSPS) is 11.2. The van der Waals surface area contributed by atoms with Crippen molar-refractivity contribution in [3.8, 4) is 0 Å². The van der Waals surface area contributed by atoms with Gasteiger partial charge < -0.3 is 15.0 Å². The Bertz CT molecular complexity index is 3750. The largest absolute Gasteiger partial charge is 2.00 e. The summed E-state index contributed by atoms with van der Waals surface area (Å²) in [6.07, 6.45) is -4.51. The van der Waals surface area contributed by atoms with Gasteiger partial charge in [0.25, 0.3) is 0 Å².